The summed E-state index contributed by atoms with van der Waals surface area (Å²) >= 11 is 0. The smallest absolute Gasteiger partial charge is 0.223 e. The second kappa shape index (κ2) is 7.31. The molecule has 0 aliphatic carbocycles. The minimum atomic E-state index is 0.222. The summed E-state index contributed by atoms with van der Waals surface area (Å²) in [6.45, 7) is 5.85. The number of hydrogen-bond donors (Lipinski definition) is 1. The molecule has 1 atom stereocenters. The van der Waals surface area contributed by atoms with Crippen LogP contribution in [-0.2, 0) is 9.53 Å². The van der Waals surface area contributed by atoms with Crippen LogP contribution in [0.2, 0.25) is 0 Å². The molecular weight excluding hydrogens is 266 g/mol. The Morgan fingerprint density at radius 1 is 1.29 bits per heavy atom. The van der Waals surface area contributed by atoms with E-state index in [9.17, 15) is 4.79 Å². The van der Waals surface area contributed by atoms with E-state index < -0.39 is 0 Å². The summed E-state index contributed by atoms with van der Waals surface area (Å²) in [5, 5.41) is 0. The Bertz CT molecular complexity index is 470. The molecular formula is C16H25N3O2. The molecule has 1 aliphatic rings. The van der Waals surface area contributed by atoms with Gasteiger partial charge in [-0.1, -0.05) is 19.1 Å². The molecule has 1 amide bonds. The molecule has 2 N–H and O–H groups in total. The van der Waals surface area contributed by atoms with Crippen molar-refractivity contribution in [3.05, 3.63) is 24.3 Å². The fraction of sp³-hybridized carbons (Fsp3) is 0.562. The van der Waals surface area contributed by atoms with E-state index in [4.69, 9.17) is 10.5 Å². The highest BCUT2D eigenvalue weighted by atomic mass is 16.5. The average Bonchev–Trinajstić information content (AvgIpc) is 2.48. The predicted octanol–water partition coefficient (Wildman–Crippen LogP) is 1.59. The van der Waals surface area contributed by atoms with Crippen molar-refractivity contribution >= 4 is 17.3 Å². The van der Waals surface area contributed by atoms with E-state index >= 15 is 0 Å². The highest BCUT2D eigenvalue weighted by molar-refractivity contribution is 5.77. The van der Waals surface area contributed by atoms with E-state index in [1.165, 1.54) is 0 Å². The van der Waals surface area contributed by atoms with Gasteiger partial charge in [-0.05, 0) is 18.1 Å². The van der Waals surface area contributed by atoms with Gasteiger partial charge in [0, 0.05) is 46.3 Å². The summed E-state index contributed by atoms with van der Waals surface area (Å²) in [7, 11) is 1.67. The molecule has 5 heteroatoms. The summed E-state index contributed by atoms with van der Waals surface area (Å²) in [5.41, 5.74) is 7.87. The Labute approximate surface area is 126 Å². The Hall–Kier alpha value is -1.75. The topological polar surface area (TPSA) is 58.8 Å². The number of nitrogens with zero attached hydrogens (tertiary/aromatic N) is 2. The Kier molecular flexibility index (Phi) is 5.44. The van der Waals surface area contributed by atoms with E-state index in [2.05, 4.69) is 4.90 Å². The third kappa shape index (κ3) is 4.11. The van der Waals surface area contributed by atoms with Crippen molar-refractivity contribution in [1.29, 1.82) is 0 Å². The lowest BCUT2D eigenvalue weighted by Crippen LogP contribution is -2.49. The second-order valence-corrected chi connectivity index (χ2v) is 5.69. The number of methoxy groups -OCH3 is 1. The van der Waals surface area contributed by atoms with Crippen molar-refractivity contribution in [3.63, 3.8) is 0 Å². The van der Waals surface area contributed by atoms with Crippen LogP contribution >= 0.6 is 0 Å². The van der Waals surface area contributed by atoms with Crippen LogP contribution in [0.15, 0.2) is 24.3 Å². The van der Waals surface area contributed by atoms with E-state index in [0.717, 1.165) is 37.6 Å². The average molecular weight is 291 g/mol. The highest BCUT2D eigenvalue weighted by Crippen LogP contribution is 2.23. The Morgan fingerprint density at radius 3 is 2.57 bits per heavy atom. The molecule has 0 radical (unpaired) electrons. The lowest BCUT2D eigenvalue weighted by molar-refractivity contribution is -0.132. The summed E-state index contributed by atoms with van der Waals surface area (Å²) in [5.74, 6) is 0.491. The van der Waals surface area contributed by atoms with Crippen molar-refractivity contribution in [3.8, 4) is 0 Å². The van der Waals surface area contributed by atoms with Gasteiger partial charge in [-0.2, -0.15) is 0 Å². The fourth-order valence-corrected chi connectivity index (χ4v) is 2.74. The second-order valence-electron chi connectivity index (χ2n) is 5.69. The number of para-hydroxylation sites is 2. The number of carbonyl (C=O) groups excluding carboxylic acids is 1. The largest absolute Gasteiger partial charge is 0.397 e. The summed E-state index contributed by atoms with van der Waals surface area (Å²) in [6.07, 6.45) is 0.557. The van der Waals surface area contributed by atoms with Gasteiger partial charge >= 0.3 is 0 Å². The molecule has 5 nitrogen and oxygen atoms in total. The monoisotopic (exact) mass is 291 g/mol. The number of nitrogen functional groups attached to an aromatic ring is 1. The zero-order chi connectivity index (χ0) is 15.2. The van der Waals surface area contributed by atoms with Gasteiger partial charge in [0.15, 0.2) is 0 Å². The van der Waals surface area contributed by atoms with Crippen molar-refractivity contribution in [2.45, 2.75) is 13.3 Å². The van der Waals surface area contributed by atoms with Gasteiger partial charge in [-0.15, -0.1) is 0 Å². The van der Waals surface area contributed by atoms with Crippen molar-refractivity contribution in [2.24, 2.45) is 5.92 Å². The fourth-order valence-electron chi connectivity index (χ4n) is 2.74. The van der Waals surface area contributed by atoms with Crippen molar-refractivity contribution < 1.29 is 9.53 Å². The molecule has 0 bridgehead atoms. The quantitative estimate of drug-likeness (QED) is 0.837. The Balaban J connectivity index is 1.86. The highest BCUT2D eigenvalue weighted by Gasteiger charge is 2.23. The maximum absolute atomic E-state index is 12.2. The number of piperazine rings is 1. The van der Waals surface area contributed by atoms with Crippen LogP contribution in [0.4, 0.5) is 11.4 Å². The first-order chi connectivity index (χ1) is 10.1. The van der Waals surface area contributed by atoms with E-state index in [1.807, 2.05) is 36.1 Å². The summed E-state index contributed by atoms with van der Waals surface area (Å²) in [4.78, 5) is 16.4. The van der Waals surface area contributed by atoms with E-state index in [0.29, 0.717) is 13.0 Å². The molecule has 1 aromatic carbocycles. The molecule has 1 fully saturated rings. The van der Waals surface area contributed by atoms with E-state index in [-0.39, 0.29) is 11.8 Å². The molecule has 116 valence electrons. The zero-order valence-corrected chi connectivity index (χ0v) is 12.9. The van der Waals surface area contributed by atoms with Gasteiger partial charge in [-0.3, -0.25) is 4.79 Å². The van der Waals surface area contributed by atoms with Crippen LogP contribution in [0.1, 0.15) is 13.3 Å². The molecule has 0 saturated carbocycles. The molecule has 1 unspecified atom stereocenters. The third-order valence-electron chi connectivity index (χ3n) is 3.88. The van der Waals surface area contributed by atoms with Crippen LogP contribution < -0.4 is 10.6 Å². The molecule has 0 aromatic heterocycles. The number of hydrogen-bond acceptors (Lipinski definition) is 4. The van der Waals surface area contributed by atoms with Crippen LogP contribution in [0, 0.1) is 5.92 Å². The van der Waals surface area contributed by atoms with Crippen LogP contribution in [0.5, 0.6) is 0 Å². The number of amides is 1. The molecule has 0 spiro atoms. The van der Waals surface area contributed by atoms with Gasteiger partial charge < -0.3 is 20.3 Å². The molecule has 1 heterocycles. The lowest BCUT2D eigenvalue weighted by Gasteiger charge is -2.37. The number of benzene rings is 1. The van der Waals surface area contributed by atoms with Gasteiger partial charge in [-0.25, -0.2) is 0 Å². The van der Waals surface area contributed by atoms with E-state index in [1.54, 1.807) is 7.11 Å². The molecule has 21 heavy (non-hydrogen) atoms. The molecule has 1 aliphatic heterocycles. The molecule has 1 saturated heterocycles. The first kappa shape index (κ1) is 15.6. The minimum absolute atomic E-state index is 0.222. The predicted molar refractivity (Wildman–Crippen MR) is 85.3 cm³/mol. The Morgan fingerprint density at radius 2 is 1.95 bits per heavy atom. The van der Waals surface area contributed by atoms with Gasteiger partial charge in [0.1, 0.15) is 0 Å². The summed E-state index contributed by atoms with van der Waals surface area (Å²) in [6, 6.07) is 7.89. The molecule has 1 aromatic rings. The maximum atomic E-state index is 12.2. The number of anilines is 2. The maximum Gasteiger partial charge on any atom is 0.223 e. The summed E-state index contributed by atoms with van der Waals surface area (Å²) < 4.78 is 5.09. The number of ether oxygens (including phenoxy) is 1. The number of nitrogens with two attached hydrogens (primary N) is 1. The first-order valence-electron chi connectivity index (χ1n) is 7.48. The zero-order valence-electron chi connectivity index (χ0n) is 12.9. The SMILES string of the molecule is COCC(C)CC(=O)N1CCN(c2ccccc2N)CC1. The minimum Gasteiger partial charge on any atom is -0.397 e. The first-order valence-corrected chi connectivity index (χ1v) is 7.48. The van der Waals surface area contributed by atoms with Crippen LogP contribution in [-0.4, -0.2) is 50.7 Å². The third-order valence-corrected chi connectivity index (χ3v) is 3.88. The van der Waals surface area contributed by atoms with Crippen molar-refractivity contribution in [2.75, 3.05) is 50.5 Å². The van der Waals surface area contributed by atoms with Crippen LogP contribution in [0.25, 0.3) is 0 Å². The molecule has 2 rings (SSSR count). The van der Waals surface area contributed by atoms with Crippen molar-refractivity contribution in [1.82, 2.24) is 4.90 Å². The van der Waals surface area contributed by atoms with Gasteiger partial charge in [0.25, 0.3) is 0 Å². The van der Waals surface area contributed by atoms with Gasteiger partial charge in [0.05, 0.1) is 11.4 Å². The normalized spacial score (nSPS) is 16.9. The number of rotatable bonds is 5. The van der Waals surface area contributed by atoms with Crippen LogP contribution in [0.3, 0.4) is 0 Å². The number of carbonyl (C=O) groups is 1. The standard InChI is InChI=1S/C16H25N3O2/c1-13(12-21-2)11-16(20)19-9-7-18(8-10-19)15-6-4-3-5-14(15)17/h3-6,13H,7-12,17H2,1-2H3. The van der Waals surface area contributed by atoms with Gasteiger partial charge in [0.2, 0.25) is 5.91 Å². The lowest BCUT2D eigenvalue weighted by atomic mass is 10.1.